The SMILES string of the molecule is Cc1cnc(C(=O)Cc2ccc3ccccc3n2)nc1. The van der Waals surface area contributed by atoms with Gasteiger partial charge in [-0.05, 0) is 24.6 Å². The second-order valence-corrected chi connectivity index (χ2v) is 4.68. The molecular weight excluding hydrogens is 250 g/mol. The normalized spacial score (nSPS) is 10.7. The Morgan fingerprint density at radius 2 is 1.80 bits per heavy atom. The van der Waals surface area contributed by atoms with E-state index in [1.54, 1.807) is 12.4 Å². The van der Waals surface area contributed by atoms with E-state index in [4.69, 9.17) is 0 Å². The summed E-state index contributed by atoms with van der Waals surface area (Å²) < 4.78 is 0. The zero-order chi connectivity index (χ0) is 13.9. The molecule has 0 unspecified atom stereocenters. The van der Waals surface area contributed by atoms with Crippen molar-refractivity contribution < 1.29 is 4.79 Å². The van der Waals surface area contributed by atoms with Crippen molar-refractivity contribution in [1.82, 2.24) is 15.0 Å². The van der Waals surface area contributed by atoms with Crippen molar-refractivity contribution >= 4 is 16.7 Å². The molecule has 98 valence electrons. The zero-order valence-electron chi connectivity index (χ0n) is 11.1. The Balaban J connectivity index is 1.85. The second kappa shape index (κ2) is 5.17. The number of pyridine rings is 1. The van der Waals surface area contributed by atoms with Gasteiger partial charge in [-0.3, -0.25) is 9.78 Å². The molecule has 0 radical (unpaired) electrons. The van der Waals surface area contributed by atoms with Crippen molar-refractivity contribution in [3.63, 3.8) is 0 Å². The lowest BCUT2D eigenvalue weighted by atomic mass is 10.1. The van der Waals surface area contributed by atoms with E-state index in [0.717, 1.165) is 22.2 Å². The number of hydrogen-bond donors (Lipinski definition) is 0. The number of rotatable bonds is 3. The van der Waals surface area contributed by atoms with Gasteiger partial charge in [-0.1, -0.05) is 24.3 Å². The fourth-order valence-corrected chi connectivity index (χ4v) is 1.99. The number of fused-ring (bicyclic) bond motifs is 1. The number of carbonyl (C=O) groups excluding carboxylic acids is 1. The van der Waals surface area contributed by atoms with Crippen LogP contribution in [0.2, 0.25) is 0 Å². The Kier molecular flexibility index (Phi) is 3.21. The second-order valence-electron chi connectivity index (χ2n) is 4.68. The number of aryl methyl sites for hydroxylation is 1. The minimum Gasteiger partial charge on any atom is -0.290 e. The Bertz CT molecular complexity index is 766. The summed E-state index contributed by atoms with van der Waals surface area (Å²) in [6.45, 7) is 1.89. The number of Topliss-reactive ketones (excluding diaryl/α,β-unsaturated/α-hetero) is 1. The van der Waals surface area contributed by atoms with Crippen LogP contribution >= 0.6 is 0 Å². The molecule has 0 aliphatic heterocycles. The van der Waals surface area contributed by atoms with E-state index < -0.39 is 0 Å². The van der Waals surface area contributed by atoms with Crippen LogP contribution < -0.4 is 0 Å². The summed E-state index contributed by atoms with van der Waals surface area (Å²) in [4.78, 5) is 24.7. The molecule has 0 saturated heterocycles. The minimum absolute atomic E-state index is 0.118. The van der Waals surface area contributed by atoms with Gasteiger partial charge in [-0.15, -0.1) is 0 Å². The van der Waals surface area contributed by atoms with Gasteiger partial charge in [-0.25, -0.2) is 9.97 Å². The highest BCUT2D eigenvalue weighted by Crippen LogP contribution is 2.12. The third-order valence-corrected chi connectivity index (χ3v) is 3.03. The maximum absolute atomic E-state index is 12.1. The van der Waals surface area contributed by atoms with E-state index in [9.17, 15) is 4.79 Å². The van der Waals surface area contributed by atoms with Gasteiger partial charge in [0.1, 0.15) is 0 Å². The van der Waals surface area contributed by atoms with Crippen LogP contribution in [0.3, 0.4) is 0 Å². The van der Waals surface area contributed by atoms with Crippen molar-refractivity contribution in [3.8, 4) is 0 Å². The third-order valence-electron chi connectivity index (χ3n) is 3.03. The van der Waals surface area contributed by atoms with Crippen LogP contribution in [0.15, 0.2) is 48.8 Å². The molecule has 2 heterocycles. The number of ketones is 1. The monoisotopic (exact) mass is 263 g/mol. The van der Waals surface area contributed by atoms with Gasteiger partial charge < -0.3 is 0 Å². The molecule has 20 heavy (non-hydrogen) atoms. The highest BCUT2D eigenvalue weighted by Gasteiger charge is 2.11. The standard InChI is InChI=1S/C16H13N3O/c1-11-9-17-16(18-10-11)15(20)8-13-7-6-12-4-2-3-5-14(12)19-13/h2-7,9-10H,8H2,1H3. The molecule has 0 aliphatic rings. The highest BCUT2D eigenvalue weighted by molar-refractivity contribution is 5.94. The molecule has 2 aromatic heterocycles. The van der Waals surface area contributed by atoms with Gasteiger partial charge in [0.15, 0.2) is 5.82 Å². The predicted molar refractivity (Wildman–Crippen MR) is 76.5 cm³/mol. The fraction of sp³-hybridized carbons (Fsp3) is 0.125. The first-order valence-corrected chi connectivity index (χ1v) is 6.39. The van der Waals surface area contributed by atoms with Crippen molar-refractivity contribution in [2.75, 3.05) is 0 Å². The number of hydrogen-bond acceptors (Lipinski definition) is 4. The molecule has 0 atom stereocenters. The van der Waals surface area contributed by atoms with E-state index in [2.05, 4.69) is 15.0 Å². The fourth-order valence-electron chi connectivity index (χ4n) is 1.99. The predicted octanol–water partition coefficient (Wildman–Crippen LogP) is 2.76. The van der Waals surface area contributed by atoms with Gasteiger partial charge in [0.05, 0.1) is 11.9 Å². The number of para-hydroxylation sites is 1. The van der Waals surface area contributed by atoms with Crippen LogP contribution in [0.5, 0.6) is 0 Å². The Morgan fingerprint density at radius 1 is 1.05 bits per heavy atom. The molecule has 4 nitrogen and oxygen atoms in total. The first kappa shape index (κ1) is 12.4. The molecule has 3 aromatic rings. The van der Waals surface area contributed by atoms with E-state index in [-0.39, 0.29) is 18.0 Å². The average Bonchev–Trinajstić information content (AvgIpc) is 2.48. The van der Waals surface area contributed by atoms with Crippen molar-refractivity contribution in [2.45, 2.75) is 13.3 Å². The van der Waals surface area contributed by atoms with Crippen molar-refractivity contribution in [3.05, 3.63) is 65.9 Å². The molecule has 0 amide bonds. The smallest absolute Gasteiger partial charge is 0.205 e. The molecule has 0 bridgehead atoms. The number of nitrogens with zero attached hydrogens (tertiary/aromatic N) is 3. The summed E-state index contributed by atoms with van der Waals surface area (Å²) in [5, 5.41) is 1.07. The Morgan fingerprint density at radius 3 is 2.60 bits per heavy atom. The van der Waals surface area contributed by atoms with Crippen LogP contribution in [0.4, 0.5) is 0 Å². The largest absolute Gasteiger partial charge is 0.290 e. The van der Waals surface area contributed by atoms with E-state index in [1.165, 1.54) is 0 Å². The topological polar surface area (TPSA) is 55.7 Å². The van der Waals surface area contributed by atoms with Crippen LogP contribution in [-0.4, -0.2) is 20.7 Å². The molecule has 0 spiro atoms. The molecule has 3 rings (SSSR count). The number of carbonyl (C=O) groups is 1. The van der Waals surface area contributed by atoms with Crippen molar-refractivity contribution in [2.24, 2.45) is 0 Å². The number of benzene rings is 1. The molecule has 0 saturated carbocycles. The summed E-state index contributed by atoms with van der Waals surface area (Å²) >= 11 is 0. The van der Waals surface area contributed by atoms with Gasteiger partial charge in [0, 0.05) is 23.5 Å². The third kappa shape index (κ3) is 2.54. The average molecular weight is 263 g/mol. The number of aromatic nitrogens is 3. The van der Waals surface area contributed by atoms with E-state index >= 15 is 0 Å². The molecular formula is C16H13N3O. The van der Waals surface area contributed by atoms with Crippen LogP contribution in [0.1, 0.15) is 21.9 Å². The van der Waals surface area contributed by atoms with Crippen LogP contribution in [0.25, 0.3) is 10.9 Å². The molecule has 1 aromatic carbocycles. The minimum atomic E-state index is -0.118. The van der Waals surface area contributed by atoms with Crippen LogP contribution in [0, 0.1) is 6.92 Å². The maximum atomic E-state index is 12.1. The molecule has 0 fully saturated rings. The Hall–Kier alpha value is -2.62. The first-order chi connectivity index (χ1) is 9.72. The van der Waals surface area contributed by atoms with Gasteiger partial charge in [-0.2, -0.15) is 0 Å². The summed E-state index contributed by atoms with van der Waals surface area (Å²) in [5.74, 6) is 0.123. The van der Waals surface area contributed by atoms with Crippen molar-refractivity contribution in [1.29, 1.82) is 0 Å². The molecule has 4 heteroatoms. The summed E-state index contributed by atoms with van der Waals surface area (Å²) in [6, 6.07) is 11.7. The lowest BCUT2D eigenvalue weighted by molar-refractivity contribution is 0.0982. The quantitative estimate of drug-likeness (QED) is 0.682. The molecule has 0 N–H and O–H groups in total. The summed E-state index contributed by atoms with van der Waals surface area (Å²) in [7, 11) is 0. The van der Waals surface area contributed by atoms with E-state index in [0.29, 0.717) is 0 Å². The first-order valence-electron chi connectivity index (χ1n) is 6.39. The molecule has 0 aliphatic carbocycles. The maximum Gasteiger partial charge on any atom is 0.205 e. The van der Waals surface area contributed by atoms with Gasteiger partial charge >= 0.3 is 0 Å². The summed E-state index contributed by atoms with van der Waals surface area (Å²) in [6.07, 6.45) is 3.51. The summed E-state index contributed by atoms with van der Waals surface area (Å²) in [5.41, 5.74) is 2.56. The highest BCUT2D eigenvalue weighted by atomic mass is 16.1. The van der Waals surface area contributed by atoms with E-state index in [1.807, 2.05) is 43.3 Å². The lowest BCUT2D eigenvalue weighted by Crippen LogP contribution is -2.09. The van der Waals surface area contributed by atoms with Gasteiger partial charge in [0.25, 0.3) is 0 Å². The zero-order valence-corrected chi connectivity index (χ0v) is 11.1. The van der Waals surface area contributed by atoms with Crippen LogP contribution in [-0.2, 0) is 6.42 Å². The lowest BCUT2D eigenvalue weighted by Gasteiger charge is -2.02. The van der Waals surface area contributed by atoms with Gasteiger partial charge in [0.2, 0.25) is 5.78 Å². The Labute approximate surface area is 116 Å².